The standard InChI is InChI=1S/C19H27N/c1-16-13-11-9-7-8-10-12-14-17(2)20(18(3)15-16)19(4,5)6/h8,10-15H,2-3,7,9H2,1,4-6H3/b10-8-,13-11-,14-12-,16-15-. The van der Waals surface area contributed by atoms with E-state index in [1.165, 1.54) is 5.57 Å². The summed E-state index contributed by atoms with van der Waals surface area (Å²) in [6.07, 6.45) is 17.0. The van der Waals surface area contributed by atoms with E-state index in [0.29, 0.717) is 0 Å². The second-order valence-corrected chi connectivity index (χ2v) is 6.14. The number of allylic oxidation sites excluding steroid dienone is 8. The van der Waals surface area contributed by atoms with Crippen LogP contribution in [0.15, 0.2) is 72.7 Å². The number of nitrogens with zero attached hydrogens (tertiary/aromatic N) is 1. The van der Waals surface area contributed by atoms with Crippen LogP contribution in [0.2, 0.25) is 0 Å². The predicted octanol–water partition coefficient (Wildman–Crippen LogP) is 5.52. The van der Waals surface area contributed by atoms with Gasteiger partial charge in [-0.15, -0.1) is 0 Å². The highest BCUT2D eigenvalue weighted by Gasteiger charge is 2.23. The zero-order valence-electron chi connectivity index (χ0n) is 13.3. The first kappa shape index (κ1) is 16.3. The molecular formula is C19H27N. The molecule has 0 aromatic rings. The maximum atomic E-state index is 4.22. The zero-order valence-corrected chi connectivity index (χ0v) is 13.3. The molecule has 0 aromatic carbocycles. The second kappa shape index (κ2) is 7.14. The van der Waals surface area contributed by atoms with E-state index in [9.17, 15) is 0 Å². The summed E-state index contributed by atoms with van der Waals surface area (Å²) in [5.74, 6) is 0. The molecule has 1 heteroatoms. The van der Waals surface area contributed by atoms with Gasteiger partial charge in [-0.2, -0.15) is 0 Å². The highest BCUT2D eigenvalue weighted by Crippen LogP contribution is 2.26. The molecule has 0 aliphatic carbocycles. The Kier molecular flexibility index (Phi) is 5.82. The van der Waals surface area contributed by atoms with Crippen molar-refractivity contribution in [3.05, 3.63) is 72.7 Å². The minimum absolute atomic E-state index is 0.0527. The van der Waals surface area contributed by atoms with E-state index in [2.05, 4.69) is 76.1 Å². The molecule has 1 nitrogen and oxygen atoms in total. The number of hydrogen-bond donors (Lipinski definition) is 0. The van der Waals surface area contributed by atoms with Gasteiger partial charge in [-0.1, -0.05) is 43.5 Å². The van der Waals surface area contributed by atoms with Crippen LogP contribution in [0.25, 0.3) is 0 Å². The second-order valence-electron chi connectivity index (χ2n) is 6.14. The molecule has 0 N–H and O–H groups in total. The summed E-state index contributed by atoms with van der Waals surface area (Å²) in [5, 5.41) is 0. The lowest BCUT2D eigenvalue weighted by Gasteiger charge is -2.38. The third-order valence-corrected chi connectivity index (χ3v) is 3.06. The summed E-state index contributed by atoms with van der Waals surface area (Å²) >= 11 is 0. The summed E-state index contributed by atoms with van der Waals surface area (Å²) in [6.45, 7) is 17.0. The molecule has 0 spiro atoms. The van der Waals surface area contributed by atoms with Crippen LogP contribution in [0.5, 0.6) is 0 Å². The van der Waals surface area contributed by atoms with Crippen molar-refractivity contribution in [1.82, 2.24) is 4.90 Å². The largest absolute Gasteiger partial charge is 0.337 e. The molecule has 0 amide bonds. The first-order valence-electron chi connectivity index (χ1n) is 7.18. The third kappa shape index (κ3) is 5.08. The molecule has 1 aliphatic rings. The van der Waals surface area contributed by atoms with Crippen LogP contribution in [0.3, 0.4) is 0 Å². The Hall–Kier alpha value is -1.76. The number of rotatable bonds is 0. The highest BCUT2D eigenvalue weighted by molar-refractivity contribution is 5.33. The lowest BCUT2D eigenvalue weighted by Crippen LogP contribution is -2.38. The van der Waals surface area contributed by atoms with E-state index in [-0.39, 0.29) is 5.54 Å². The van der Waals surface area contributed by atoms with Crippen LogP contribution in [0, 0.1) is 0 Å². The van der Waals surface area contributed by atoms with Gasteiger partial charge in [0.15, 0.2) is 0 Å². The monoisotopic (exact) mass is 269 g/mol. The van der Waals surface area contributed by atoms with Gasteiger partial charge in [0.1, 0.15) is 0 Å². The van der Waals surface area contributed by atoms with Crippen molar-refractivity contribution in [3.8, 4) is 0 Å². The molecule has 1 heterocycles. The molecule has 0 saturated carbocycles. The van der Waals surface area contributed by atoms with Crippen LogP contribution >= 0.6 is 0 Å². The molecule has 108 valence electrons. The van der Waals surface area contributed by atoms with Crippen LogP contribution in [0.1, 0.15) is 40.5 Å². The molecule has 0 atom stereocenters. The summed E-state index contributed by atoms with van der Waals surface area (Å²) in [6, 6.07) is 0. The Morgan fingerprint density at radius 2 is 1.60 bits per heavy atom. The van der Waals surface area contributed by atoms with Crippen molar-refractivity contribution < 1.29 is 0 Å². The molecule has 0 saturated heterocycles. The molecule has 0 fully saturated rings. The molecule has 0 aromatic heterocycles. The van der Waals surface area contributed by atoms with Gasteiger partial charge in [-0.3, -0.25) is 0 Å². The maximum Gasteiger partial charge on any atom is 0.0366 e. The van der Waals surface area contributed by atoms with Gasteiger partial charge < -0.3 is 4.90 Å². The van der Waals surface area contributed by atoms with Crippen molar-refractivity contribution >= 4 is 0 Å². The Bertz CT molecular complexity index is 478. The summed E-state index contributed by atoms with van der Waals surface area (Å²) < 4.78 is 0. The Balaban J connectivity index is 3.17. The van der Waals surface area contributed by atoms with Gasteiger partial charge in [-0.05, 0) is 58.3 Å². The lowest BCUT2D eigenvalue weighted by molar-refractivity contribution is 0.252. The Morgan fingerprint density at radius 3 is 2.25 bits per heavy atom. The number of hydrogen-bond acceptors (Lipinski definition) is 1. The van der Waals surface area contributed by atoms with E-state index in [0.717, 1.165) is 24.2 Å². The molecule has 1 aliphatic heterocycles. The smallest absolute Gasteiger partial charge is 0.0366 e. The van der Waals surface area contributed by atoms with E-state index in [1.807, 2.05) is 12.2 Å². The molecule has 1 rings (SSSR count). The summed E-state index contributed by atoms with van der Waals surface area (Å²) in [7, 11) is 0. The fourth-order valence-corrected chi connectivity index (χ4v) is 2.30. The molecule has 20 heavy (non-hydrogen) atoms. The van der Waals surface area contributed by atoms with Gasteiger partial charge in [0, 0.05) is 16.9 Å². The first-order chi connectivity index (χ1) is 9.32. The fourth-order valence-electron chi connectivity index (χ4n) is 2.30. The van der Waals surface area contributed by atoms with Crippen LogP contribution in [0.4, 0.5) is 0 Å². The fraction of sp³-hybridized carbons (Fsp3) is 0.368. The maximum absolute atomic E-state index is 4.22. The van der Waals surface area contributed by atoms with Crippen molar-refractivity contribution in [1.29, 1.82) is 0 Å². The van der Waals surface area contributed by atoms with Crippen LogP contribution in [-0.4, -0.2) is 10.4 Å². The van der Waals surface area contributed by atoms with Crippen molar-refractivity contribution in [2.45, 2.75) is 46.1 Å². The average Bonchev–Trinajstić information content (AvgIpc) is 2.30. The normalized spacial score (nSPS) is 25.8. The quantitative estimate of drug-likeness (QED) is 0.559. The van der Waals surface area contributed by atoms with Crippen molar-refractivity contribution in [3.63, 3.8) is 0 Å². The lowest BCUT2D eigenvalue weighted by atomic mass is 10.0. The van der Waals surface area contributed by atoms with Gasteiger partial charge in [0.05, 0.1) is 0 Å². The Labute approximate surface area is 124 Å². The van der Waals surface area contributed by atoms with Crippen LogP contribution < -0.4 is 0 Å². The highest BCUT2D eigenvalue weighted by atomic mass is 15.2. The van der Waals surface area contributed by atoms with Gasteiger partial charge in [-0.25, -0.2) is 0 Å². The summed E-state index contributed by atoms with van der Waals surface area (Å²) in [5.41, 5.74) is 3.09. The first-order valence-corrected chi connectivity index (χ1v) is 7.18. The molecule has 0 bridgehead atoms. The minimum atomic E-state index is -0.0527. The van der Waals surface area contributed by atoms with Gasteiger partial charge in [0.25, 0.3) is 0 Å². The molecular weight excluding hydrogens is 242 g/mol. The minimum Gasteiger partial charge on any atom is -0.337 e. The third-order valence-electron chi connectivity index (χ3n) is 3.06. The Morgan fingerprint density at radius 1 is 0.950 bits per heavy atom. The topological polar surface area (TPSA) is 3.24 Å². The van der Waals surface area contributed by atoms with Crippen molar-refractivity contribution in [2.24, 2.45) is 0 Å². The average molecular weight is 269 g/mol. The van der Waals surface area contributed by atoms with E-state index in [1.54, 1.807) is 0 Å². The predicted molar refractivity (Wildman–Crippen MR) is 90.3 cm³/mol. The van der Waals surface area contributed by atoms with Crippen LogP contribution in [-0.2, 0) is 0 Å². The molecule has 0 radical (unpaired) electrons. The van der Waals surface area contributed by atoms with E-state index < -0.39 is 0 Å². The zero-order chi connectivity index (χ0) is 15.2. The summed E-state index contributed by atoms with van der Waals surface area (Å²) in [4.78, 5) is 2.17. The van der Waals surface area contributed by atoms with E-state index >= 15 is 0 Å². The molecule has 0 unspecified atom stereocenters. The van der Waals surface area contributed by atoms with E-state index in [4.69, 9.17) is 0 Å². The van der Waals surface area contributed by atoms with Crippen molar-refractivity contribution in [2.75, 3.05) is 0 Å². The van der Waals surface area contributed by atoms with Gasteiger partial charge >= 0.3 is 0 Å². The SMILES string of the molecule is C=C1/C=C\C=C/CC/C=C\C(C)=C/C(=C)N1C(C)(C)C. The van der Waals surface area contributed by atoms with Gasteiger partial charge in [0.2, 0.25) is 0 Å².